The van der Waals surface area contributed by atoms with Gasteiger partial charge in [-0.1, -0.05) is 19.9 Å². The second-order valence-corrected chi connectivity index (χ2v) is 7.29. The van der Waals surface area contributed by atoms with Gasteiger partial charge in [0.1, 0.15) is 5.82 Å². The lowest BCUT2D eigenvalue weighted by Gasteiger charge is -2.21. The standard InChI is InChI=1S/C21H25FN6O/c1-12(2)9-13(11-23)26-21-16(22)10-15(19(24)29)20(28-21)27-18-7-3-6-17-14(18)5-4-8-25-17/h3-8,10,12-13H,9,11,23H2,1-2H3,(H2,24,29)(H2,26,27,28). The van der Waals surface area contributed by atoms with Crippen molar-refractivity contribution >= 4 is 34.1 Å². The molecule has 3 aromatic rings. The Morgan fingerprint density at radius 2 is 2.00 bits per heavy atom. The first-order valence-electron chi connectivity index (χ1n) is 9.46. The van der Waals surface area contributed by atoms with Gasteiger partial charge in [-0.05, 0) is 42.7 Å². The van der Waals surface area contributed by atoms with Crippen LogP contribution in [0.15, 0.2) is 42.6 Å². The number of carbonyl (C=O) groups is 1. The van der Waals surface area contributed by atoms with Gasteiger partial charge in [-0.15, -0.1) is 0 Å². The Hall–Kier alpha value is -3.26. The number of primary amides is 1. The fourth-order valence-electron chi connectivity index (χ4n) is 3.19. The quantitative estimate of drug-likeness (QED) is 0.463. The second-order valence-electron chi connectivity index (χ2n) is 7.29. The third-order valence-electron chi connectivity index (χ3n) is 4.52. The zero-order valence-electron chi connectivity index (χ0n) is 16.4. The predicted octanol–water partition coefficient (Wildman–Crippen LogP) is 3.40. The SMILES string of the molecule is CC(C)CC(CN)Nc1nc(Nc2cccc3ncccc23)c(C(N)=O)cc1F. The van der Waals surface area contributed by atoms with Crippen LogP contribution in [0, 0.1) is 11.7 Å². The molecule has 2 aromatic heterocycles. The summed E-state index contributed by atoms with van der Waals surface area (Å²) < 4.78 is 14.6. The van der Waals surface area contributed by atoms with Gasteiger partial charge in [0.2, 0.25) is 0 Å². The molecule has 1 amide bonds. The largest absolute Gasteiger partial charge is 0.365 e. The van der Waals surface area contributed by atoms with E-state index in [1.165, 1.54) is 0 Å². The van der Waals surface area contributed by atoms with Crippen LogP contribution in [0.1, 0.15) is 30.6 Å². The van der Waals surface area contributed by atoms with Crippen molar-refractivity contribution in [3.05, 3.63) is 54.0 Å². The van der Waals surface area contributed by atoms with Crippen LogP contribution < -0.4 is 22.1 Å². The summed E-state index contributed by atoms with van der Waals surface area (Å²) in [7, 11) is 0. The number of hydrogen-bond donors (Lipinski definition) is 4. The number of nitrogens with zero attached hydrogens (tertiary/aromatic N) is 2. The first-order chi connectivity index (χ1) is 13.9. The van der Waals surface area contributed by atoms with Crippen molar-refractivity contribution in [2.24, 2.45) is 17.4 Å². The molecule has 0 bridgehead atoms. The molecule has 8 heteroatoms. The molecular formula is C21H25FN6O. The summed E-state index contributed by atoms with van der Waals surface area (Å²) in [6, 6.07) is 10.2. The maximum atomic E-state index is 14.6. The van der Waals surface area contributed by atoms with Crippen molar-refractivity contribution < 1.29 is 9.18 Å². The van der Waals surface area contributed by atoms with Crippen LogP contribution in [0.4, 0.5) is 21.7 Å². The van der Waals surface area contributed by atoms with Crippen LogP contribution in [-0.2, 0) is 0 Å². The zero-order valence-corrected chi connectivity index (χ0v) is 16.4. The fourth-order valence-corrected chi connectivity index (χ4v) is 3.19. The van der Waals surface area contributed by atoms with Crippen molar-refractivity contribution in [3.8, 4) is 0 Å². The van der Waals surface area contributed by atoms with Crippen LogP contribution in [0.2, 0.25) is 0 Å². The zero-order chi connectivity index (χ0) is 21.0. The summed E-state index contributed by atoms with van der Waals surface area (Å²) >= 11 is 0. The van der Waals surface area contributed by atoms with Gasteiger partial charge in [0.15, 0.2) is 11.6 Å². The van der Waals surface area contributed by atoms with E-state index in [9.17, 15) is 9.18 Å². The van der Waals surface area contributed by atoms with E-state index in [1.54, 1.807) is 6.20 Å². The molecule has 29 heavy (non-hydrogen) atoms. The van der Waals surface area contributed by atoms with Gasteiger partial charge in [-0.25, -0.2) is 9.37 Å². The molecule has 1 aromatic carbocycles. The topological polar surface area (TPSA) is 119 Å². The van der Waals surface area contributed by atoms with Crippen LogP contribution in [-0.4, -0.2) is 28.5 Å². The summed E-state index contributed by atoms with van der Waals surface area (Å²) in [6.45, 7) is 4.45. The Bertz CT molecular complexity index is 1020. The molecule has 1 atom stereocenters. The van der Waals surface area contributed by atoms with Crippen molar-refractivity contribution in [2.75, 3.05) is 17.2 Å². The third kappa shape index (κ3) is 4.78. The molecule has 2 heterocycles. The van der Waals surface area contributed by atoms with Gasteiger partial charge >= 0.3 is 0 Å². The van der Waals surface area contributed by atoms with Gasteiger partial charge < -0.3 is 22.1 Å². The molecule has 152 valence electrons. The Balaban J connectivity index is 2.01. The Morgan fingerprint density at radius 3 is 2.69 bits per heavy atom. The van der Waals surface area contributed by atoms with Crippen molar-refractivity contribution in [3.63, 3.8) is 0 Å². The van der Waals surface area contributed by atoms with Crippen LogP contribution in [0.5, 0.6) is 0 Å². The molecule has 0 aliphatic heterocycles. The lowest BCUT2D eigenvalue weighted by atomic mass is 10.0. The first kappa shape index (κ1) is 20.5. The van der Waals surface area contributed by atoms with E-state index in [-0.39, 0.29) is 23.2 Å². The molecule has 0 aliphatic carbocycles. The molecule has 0 aliphatic rings. The summed E-state index contributed by atoms with van der Waals surface area (Å²) in [5.41, 5.74) is 12.7. The highest BCUT2D eigenvalue weighted by molar-refractivity contribution is 6.00. The molecule has 0 radical (unpaired) electrons. The number of halogens is 1. The smallest absolute Gasteiger partial charge is 0.252 e. The number of anilines is 3. The highest BCUT2D eigenvalue weighted by atomic mass is 19.1. The van der Waals surface area contributed by atoms with Crippen LogP contribution >= 0.6 is 0 Å². The number of benzene rings is 1. The van der Waals surface area contributed by atoms with Gasteiger partial charge in [0, 0.05) is 29.9 Å². The minimum atomic E-state index is -0.777. The van der Waals surface area contributed by atoms with E-state index in [0.717, 1.165) is 23.4 Å². The number of fused-ring (bicyclic) bond motifs is 1. The maximum absolute atomic E-state index is 14.6. The summed E-state index contributed by atoms with van der Waals surface area (Å²) in [6.07, 6.45) is 2.45. The van der Waals surface area contributed by atoms with Gasteiger partial charge in [-0.3, -0.25) is 9.78 Å². The number of carbonyl (C=O) groups excluding carboxylic acids is 1. The third-order valence-corrected chi connectivity index (χ3v) is 4.52. The highest BCUT2D eigenvalue weighted by Crippen LogP contribution is 2.28. The molecule has 0 saturated carbocycles. The summed E-state index contributed by atoms with van der Waals surface area (Å²) in [5, 5.41) is 6.99. The predicted molar refractivity (Wildman–Crippen MR) is 114 cm³/mol. The minimum Gasteiger partial charge on any atom is -0.365 e. The molecule has 0 saturated heterocycles. The average Bonchev–Trinajstić information content (AvgIpc) is 2.69. The number of amides is 1. The minimum absolute atomic E-state index is 0.0203. The highest BCUT2D eigenvalue weighted by Gasteiger charge is 2.19. The Morgan fingerprint density at radius 1 is 1.21 bits per heavy atom. The Kier molecular flexibility index (Phi) is 6.23. The number of nitrogens with one attached hydrogen (secondary N) is 2. The van der Waals surface area contributed by atoms with Crippen LogP contribution in [0.3, 0.4) is 0 Å². The maximum Gasteiger partial charge on any atom is 0.252 e. The van der Waals surface area contributed by atoms with E-state index in [1.807, 2.05) is 30.3 Å². The molecule has 3 rings (SSSR count). The van der Waals surface area contributed by atoms with E-state index >= 15 is 0 Å². The lowest BCUT2D eigenvalue weighted by Crippen LogP contribution is -2.31. The van der Waals surface area contributed by atoms with Crippen molar-refractivity contribution in [2.45, 2.75) is 26.3 Å². The summed E-state index contributed by atoms with van der Waals surface area (Å²) in [5.74, 6) is -0.873. The second kappa shape index (κ2) is 8.83. The lowest BCUT2D eigenvalue weighted by molar-refractivity contribution is 0.100. The number of hydrogen-bond acceptors (Lipinski definition) is 6. The molecular weight excluding hydrogens is 371 g/mol. The van der Waals surface area contributed by atoms with Gasteiger partial charge in [0.05, 0.1) is 11.1 Å². The number of aromatic nitrogens is 2. The van der Waals surface area contributed by atoms with Crippen molar-refractivity contribution in [1.29, 1.82) is 0 Å². The van der Waals surface area contributed by atoms with E-state index < -0.39 is 11.7 Å². The number of pyridine rings is 2. The van der Waals surface area contributed by atoms with E-state index in [2.05, 4.69) is 34.4 Å². The average molecular weight is 396 g/mol. The van der Waals surface area contributed by atoms with Crippen molar-refractivity contribution in [1.82, 2.24) is 9.97 Å². The normalized spacial score (nSPS) is 12.2. The fraction of sp³-hybridized carbons (Fsp3) is 0.286. The number of nitrogens with two attached hydrogens (primary N) is 2. The number of rotatable bonds is 8. The van der Waals surface area contributed by atoms with E-state index in [0.29, 0.717) is 18.2 Å². The molecule has 0 spiro atoms. The molecule has 1 unspecified atom stereocenters. The van der Waals surface area contributed by atoms with Gasteiger partial charge in [-0.2, -0.15) is 0 Å². The van der Waals surface area contributed by atoms with E-state index in [4.69, 9.17) is 11.5 Å². The van der Waals surface area contributed by atoms with Gasteiger partial charge in [0.25, 0.3) is 5.91 Å². The monoisotopic (exact) mass is 396 g/mol. The molecule has 6 N–H and O–H groups in total. The van der Waals surface area contributed by atoms with Crippen LogP contribution in [0.25, 0.3) is 10.9 Å². The summed E-state index contributed by atoms with van der Waals surface area (Å²) in [4.78, 5) is 20.5. The molecule has 0 fully saturated rings. The first-order valence-corrected chi connectivity index (χ1v) is 9.46. The molecule has 7 nitrogen and oxygen atoms in total. The Labute approximate surface area is 168 Å².